The molecule has 7 aromatic rings. The van der Waals surface area contributed by atoms with Gasteiger partial charge in [0.25, 0.3) is 0 Å². The number of hydrogen-bond donors (Lipinski definition) is 0. The van der Waals surface area contributed by atoms with E-state index in [9.17, 15) is 0 Å². The van der Waals surface area contributed by atoms with Crippen LogP contribution in [-0.4, -0.2) is 0 Å². The second-order valence-corrected chi connectivity index (χ2v) is 9.70. The third-order valence-electron chi connectivity index (χ3n) is 6.78. The molecule has 0 spiro atoms. The number of hydrogen-bond acceptors (Lipinski definition) is 1. The molecule has 0 nitrogen and oxygen atoms in total. The minimum atomic E-state index is 1.27. The van der Waals surface area contributed by atoms with Gasteiger partial charge in [0.15, 0.2) is 0 Å². The zero-order valence-corrected chi connectivity index (χ0v) is 18.5. The SMILES string of the molecule is Cc1cccc2sc3ccc(-c4ccc5c6ccccc6c6ccccc6c5c4)cc3c12. The highest BCUT2D eigenvalue weighted by Crippen LogP contribution is 2.40. The lowest BCUT2D eigenvalue weighted by molar-refractivity contribution is 1.55. The maximum atomic E-state index is 2.38. The molecule has 1 aromatic heterocycles. The van der Waals surface area contributed by atoms with Gasteiger partial charge in [-0.15, -0.1) is 11.3 Å². The van der Waals surface area contributed by atoms with Crippen molar-refractivity contribution in [1.82, 2.24) is 0 Å². The summed E-state index contributed by atoms with van der Waals surface area (Å²) in [5, 5.41) is 10.7. The summed E-state index contributed by atoms with van der Waals surface area (Å²) in [6.07, 6.45) is 0. The molecule has 32 heavy (non-hydrogen) atoms. The standard InChI is InChI=1S/C31H20S/c1-19-7-6-12-30-31(19)28-18-21(14-16-29(28)32-30)20-13-15-26-24-10-3-2-8-22(24)23-9-4-5-11-25(23)27(26)17-20/h2-18H,1H3. The highest BCUT2D eigenvalue weighted by Gasteiger charge is 2.11. The van der Waals surface area contributed by atoms with E-state index in [-0.39, 0.29) is 0 Å². The van der Waals surface area contributed by atoms with Crippen LogP contribution in [0.2, 0.25) is 0 Å². The van der Waals surface area contributed by atoms with Crippen molar-refractivity contribution < 1.29 is 0 Å². The van der Waals surface area contributed by atoms with Gasteiger partial charge in [-0.25, -0.2) is 0 Å². The van der Waals surface area contributed by atoms with E-state index in [0.29, 0.717) is 0 Å². The van der Waals surface area contributed by atoms with Gasteiger partial charge in [-0.1, -0.05) is 78.9 Å². The van der Waals surface area contributed by atoms with E-state index in [2.05, 4.69) is 110 Å². The Hall–Kier alpha value is -3.68. The average Bonchev–Trinajstić information content (AvgIpc) is 3.23. The number of rotatable bonds is 1. The molecule has 0 aliphatic rings. The van der Waals surface area contributed by atoms with E-state index < -0.39 is 0 Å². The van der Waals surface area contributed by atoms with E-state index in [1.807, 2.05) is 11.3 Å². The Labute approximate surface area is 190 Å². The lowest BCUT2D eigenvalue weighted by atomic mass is 9.92. The number of thiophene rings is 1. The van der Waals surface area contributed by atoms with Crippen molar-refractivity contribution >= 4 is 63.8 Å². The molecule has 1 heterocycles. The van der Waals surface area contributed by atoms with Gasteiger partial charge in [-0.05, 0) is 80.2 Å². The van der Waals surface area contributed by atoms with Crippen molar-refractivity contribution in [3.05, 3.63) is 109 Å². The van der Waals surface area contributed by atoms with Crippen LogP contribution in [0.25, 0.3) is 63.6 Å². The summed E-state index contributed by atoms with van der Waals surface area (Å²) < 4.78 is 2.73. The van der Waals surface area contributed by atoms with Gasteiger partial charge in [-0.2, -0.15) is 0 Å². The van der Waals surface area contributed by atoms with E-state index in [1.54, 1.807) is 0 Å². The summed E-state index contributed by atoms with van der Waals surface area (Å²) in [7, 11) is 0. The van der Waals surface area contributed by atoms with Crippen LogP contribution in [0.3, 0.4) is 0 Å². The number of benzene rings is 6. The maximum Gasteiger partial charge on any atom is 0.0358 e. The van der Waals surface area contributed by atoms with Crippen molar-refractivity contribution in [2.75, 3.05) is 0 Å². The van der Waals surface area contributed by atoms with Crippen LogP contribution in [0, 0.1) is 6.92 Å². The van der Waals surface area contributed by atoms with Gasteiger partial charge in [0.2, 0.25) is 0 Å². The Kier molecular flexibility index (Phi) is 3.73. The van der Waals surface area contributed by atoms with E-state index in [4.69, 9.17) is 0 Å². The summed E-state index contributed by atoms with van der Waals surface area (Å²) >= 11 is 1.89. The van der Waals surface area contributed by atoms with Gasteiger partial charge in [0, 0.05) is 20.2 Å². The van der Waals surface area contributed by atoms with Crippen LogP contribution in [0.5, 0.6) is 0 Å². The fourth-order valence-corrected chi connectivity index (χ4v) is 6.43. The van der Waals surface area contributed by atoms with E-state index in [1.165, 1.54) is 69.2 Å². The van der Waals surface area contributed by atoms with Gasteiger partial charge >= 0.3 is 0 Å². The first kappa shape index (κ1) is 17.9. The van der Waals surface area contributed by atoms with Crippen molar-refractivity contribution in [3.8, 4) is 11.1 Å². The molecule has 0 bridgehead atoms. The fourth-order valence-electron chi connectivity index (χ4n) is 5.27. The predicted molar refractivity (Wildman–Crippen MR) is 142 cm³/mol. The Morgan fingerprint density at radius 1 is 0.438 bits per heavy atom. The highest BCUT2D eigenvalue weighted by molar-refractivity contribution is 7.25. The molecule has 0 saturated heterocycles. The first-order chi connectivity index (χ1) is 15.8. The van der Waals surface area contributed by atoms with Crippen molar-refractivity contribution in [1.29, 1.82) is 0 Å². The second-order valence-electron chi connectivity index (χ2n) is 8.61. The van der Waals surface area contributed by atoms with Crippen LogP contribution in [-0.2, 0) is 0 Å². The molecule has 0 radical (unpaired) electrons. The Morgan fingerprint density at radius 2 is 1.00 bits per heavy atom. The first-order valence-electron chi connectivity index (χ1n) is 11.0. The third-order valence-corrected chi connectivity index (χ3v) is 7.92. The summed E-state index contributed by atoms with van der Waals surface area (Å²) in [6.45, 7) is 2.22. The van der Waals surface area contributed by atoms with Crippen LogP contribution < -0.4 is 0 Å². The van der Waals surface area contributed by atoms with Gasteiger partial charge < -0.3 is 0 Å². The first-order valence-corrected chi connectivity index (χ1v) is 11.8. The van der Waals surface area contributed by atoms with E-state index in [0.717, 1.165) is 0 Å². The molecule has 0 fully saturated rings. The Balaban J connectivity index is 1.54. The summed E-state index contributed by atoms with van der Waals surface area (Å²) in [6, 6.07) is 38.1. The summed E-state index contributed by atoms with van der Waals surface area (Å²) in [5.74, 6) is 0. The minimum absolute atomic E-state index is 1.27. The van der Waals surface area contributed by atoms with Crippen LogP contribution >= 0.6 is 11.3 Å². The minimum Gasteiger partial charge on any atom is -0.135 e. The fraction of sp³-hybridized carbons (Fsp3) is 0.0323. The molecule has 0 aliphatic heterocycles. The zero-order valence-electron chi connectivity index (χ0n) is 17.7. The molecule has 0 aliphatic carbocycles. The summed E-state index contributed by atoms with van der Waals surface area (Å²) in [5.41, 5.74) is 3.90. The molecular weight excluding hydrogens is 404 g/mol. The van der Waals surface area contributed by atoms with Crippen LogP contribution in [0.15, 0.2) is 103 Å². The number of fused-ring (bicyclic) bond motifs is 9. The molecule has 1 heteroatoms. The molecule has 0 atom stereocenters. The van der Waals surface area contributed by atoms with Gasteiger partial charge in [0.05, 0.1) is 0 Å². The average molecular weight is 425 g/mol. The third kappa shape index (κ3) is 2.49. The molecule has 150 valence electrons. The van der Waals surface area contributed by atoms with Crippen LogP contribution in [0.4, 0.5) is 0 Å². The molecule has 0 unspecified atom stereocenters. The maximum absolute atomic E-state index is 2.38. The monoisotopic (exact) mass is 424 g/mol. The van der Waals surface area contributed by atoms with E-state index >= 15 is 0 Å². The smallest absolute Gasteiger partial charge is 0.0358 e. The van der Waals surface area contributed by atoms with Crippen molar-refractivity contribution in [2.24, 2.45) is 0 Å². The lowest BCUT2D eigenvalue weighted by Gasteiger charge is -2.12. The lowest BCUT2D eigenvalue weighted by Crippen LogP contribution is -1.85. The molecule has 0 amide bonds. The predicted octanol–water partition coefficient (Wildman–Crippen LogP) is 9.49. The van der Waals surface area contributed by atoms with Crippen molar-refractivity contribution in [2.45, 2.75) is 6.92 Å². The quantitative estimate of drug-likeness (QED) is 0.230. The number of aryl methyl sites for hydroxylation is 1. The molecule has 6 aromatic carbocycles. The Morgan fingerprint density at radius 3 is 1.69 bits per heavy atom. The second kappa shape index (κ2) is 6.66. The van der Waals surface area contributed by atoms with Gasteiger partial charge in [0.1, 0.15) is 0 Å². The Bertz CT molecular complexity index is 1800. The zero-order chi connectivity index (χ0) is 21.2. The molecular formula is C31H20S. The molecule has 7 rings (SSSR count). The largest absolute Gasteiger partial charge is 0.135 e. The molecule has 0 N–H and O–H groups in total. The van der Waals surface area contributed by atoms with Crippen molar-refractivity contribution in [3.63, 3.8) is 0 Å². The normalized spacial score (nSPS) is 11.9. The van der Waals surface area contributed by atoms with Crippen LogP contribution in [0.1, 0.15) is 5.56 Å². The molecule has 0 saturated carbocycles. The topological polar surface area (TPSA) is 0 Å². The summed E-state index contributed by atoms with van der Waals surface area (Å²) in [4.78, 5) is 0. The highest BCUT2D eigenvalue weighted by atomic mass is 32.1. The van der Waals surface area contributed by atoms with Gasteiger partial charge in [-0.3, -0.25) is 0 Å².